The van der Waals surface area contributed by atoms with Gasteiger partial charge in [0.05, 0.1) is 24.1 Å². The molecule has 7 heteroatoms. The Bertz CT molecular complexity index is 496. The summed E-state index contributed by atoms with van der Waals surface area (Å²) in [5.74, 6) is 0.948. The number of nitrogens with one attached hydrogen (secondary N) is 1. The lowest BCUT2D eigenvalue weighted by Gasteiger charge is -2.16. The molecule has 110 valence electrons. The molecule has 1 atom stereocenters. The normalized spacial score (nSPS) is 13.5. The standard InChI is InChI=1S/C12H23N3O3S/c1-10-8-15(11(2)9-18-3)12(14-10)13-6-5-7-19(4,16)17/h8,11H,5-7,9H2,1-4H3,(H,13,14). The van der Waals surface area contributed by atoms with Crippen LogP contribution in [0, 0.1) is 6.92 Å². The van der Waals surface area contributed by atoms with Gasteiger partial charge in [0.25, 0.3) is 0 Å². The van der Waals surface area contributed by atoms with E-state index in [1.165, 1.54) is 6.26 Å². The van der Waals surface area contributed by atoms with Crippen molar-refractivity contribution >= 4 is 15.8 Å². The van der Waals surface area contributed by atoms with E-state index >= 15 is 0 Å². The van der Waals surface area contributed by atoms with E-state index in [1.807, 2.05) is 24.6 Å². The molecule has 0 aliphatic heterocycles. The quantitative estimate of drug-likeness (QED) is 0.729. The second kappa shape index (κ2) is 6.91. The zero-order chi connectivity index (χ0) is 14.5. The molecule has 19 heavy (non-hydrogen) atoms. The molecule has 1 aromatic rings. The molecule has 0 fully saturated rings. The van der Waals surface area contributed by atoms with Gasteiger partial charge in [0.15, 0.2) is 0 Å². The van der Waals surface area contributed by atoms with Crippen LogP contribution in [-0.4, -0.2) is 50.2 Å². The summed E-state index contributed by atoms with van der Waals surface area (Å²) >= 11 is 0. The highest BCUT2D eigenvalue weighted by molar-refractivity contribution is 7.90. The molecule has 6 nitrogen and oxygen atoms in total. The largest absolute Gasteiger partial charge is 0.383 e. The molecule has 0 aliphatic carbocycles. The number of hydrogen-bond donors (Lipinski definition) is 1. The third-order valence-corrected chi connectivity index (χ3v) is 3.74. The molecule has 1 rings (SSSR count). The third kappa shape index (κ3) is 5.61. The SMILES string of the molecule is COCC(C)n1cc(C)nc1NCCCS(C)(=O)=O. The van der Waals surface area contributed by atoms with Gasteiger partial charge in [-0.2, -0.15) is 0 Å². The summed E-state index contributed by atoms with van der Waals surface area (Å²) in [6, 6.07) is 0.184. The van der Waals surface area contributed by atoms with E-state index in [0.717, 1.165) is 11.6 Å². The molecule has 0 aromatic carbocycles. The third-order valence-electron chi connectivity index (χ3n) is 2.71. The highest BCUT2D eigenvalue weighted by atomic mass is 32.2. The summed E-state index contributed by atoms with van der Waals surface area (Å²) in [6.07, 6.45) is 3.78. The first-order valence-corrected chi connectivity index (χ1v) is 8.35. The average Bonchev–Trinajstić information content (AvgIpc) is 2.65. The van der Waals surface area contributed by atoms with Crippen molar-refractivity contribution in [3.63, 3.8) is 0 Å². The van der Waals surface area contributed by atoms with Crippen LogP contribution in [0.2, 0.25) is 0 Å². The molecule has 1 unspecified atom stereocenters. The maximum absolute atomic E-state index is 11.0. The Hall–Kier alpha value is -1.08. The van der Waals surface area contributed by atoms with E-state index in [9.17, 15) is 8.42 Å². The summed E-state index contributed by atoms with van der Waals surface area (Å²) in [5.41, 5.74) is 0.925. The first kappa shape index (κ1) is 16.0. The van der Waals surface area contributed by atoms with Gasteiger partial charge >= 0.3 is 0 Å². The molecule has 0 bridgehead atoms. The van der Waals surface area contributed by atoms with E-state index in [2.05, 4.69) is 10.3 Å². The molecule has 0 saturated carbocycles. The highest BCUT2D eigenvalue weighted by Crippen LogP contribution is 2.16. The van der Waals surface area contributed by atoms with E-state index in [4.69, 9.17) is 4.74 Å². The van der Waals surface area contributed by atoms with Crippen molar-refractivity contribution in [3.05, 3.63) is 11.9 Å². The van der Waals surface area contributed by atoms with Crippen molar-refractivity contribution in [2.75, 3.05) is 37.6 Å². The van der Waals surface area contributed by atoms with Crippen molar-refractivity contribution in [2.24, 2.45) is 0 Å². The van der Waals surface area contributed by atoms with Crippen LogP contribution >= 0.6 is 0 Å². The summed E-state index contributed by atoms with van der Waals surface area (Å²) in [6.45, 7) is 5.17. The smallest absolute Gasteiger partial charge is 0.203 e. The van der Waals surface area contributed by atoms with E-state index < -0.39 is 9.84 Å². The molecule has 0 saturated heterocycles. The first-order valence-electron chi connectivity index (χ1n) is 6.29. The number of imidazole rings is 1. The first-order chi connectivity index (χ1) is 8.83. The van der Waals surface area contributed by atoms with Gasteiger partial charge in [-0.25, -0.2) is 13.4 Å². The van der Waals surface area contributed by atoms with E-state index in [1.54, 1.807) is 7.11 Å². The maximum atomic E-state index is 11.0. The van der Waals surface area contributed by atoms with Gasteiger partial charge in [-0.3, -0.25) is 0 Å². The lowest BCUT2D eigenvalue weighted by molar-refractivity contribution is 0.163. The number of hydrogen-bond acceptors (Lipinski definition) is 5. The van der Waals surface area contributed by atoms with Crippen molar-refractivity contribution in [1.82, 2.24) is 9.55 Å². The summed E-state index contributed by atoms with van der Waals surface area (Å²) in [4.78, 5) is 4.39. The van der Waals surface area contributed by atoms with E-state index in [-0.39, 0.29) is 11.8 Å². The minimum Gasteiger partial charge on any atom is -0.383 e. The molecular weight excluding hydrogens is 266 g/mol. The summed E-state index contributed by atoms with van der Waals surface area (Å²) in [7, 11) is -1.23. The monoisotopic (exact) mass is 289 g/mol. The number of aromatic nitrogens is 2. The fourth-order valence-corrected chi connectivity index (χ4v) is 2.51. The van der Waals surface area contributed by atoms with Crippen LogP contribution in [0.3, 0.4) is 0 Å². The Kier molecular flexibility index (Phi) is 5.81. The molecule has 0 amide bonds. The fraction of sp³-hybridized carbons (Fsp3) is 0.750. The van der Waals surface area contributed by atoms with Gasteiger partial charge in [-0.05, 0) is 20.3 Å². The molecular formula is C12H23N3O3S. The Morgan fingerprint density at radius 2 is 2.21 bits per heavy atom. The molecule has 1 heterocycles. The number of nitrogens with zero attached hydrogens (tertiary/aromatic N) is 2. The van der Waals surface area contributed by atoms with Crippen LogP contribution in [-0.2, 0) is 14.6 Å². The maximum Gasteiger partial charge on any atom is 0.203 e. The number of methoxy groups -OCH3 is 1. The van der Waals surface area contributed by atoms with Gasteiger partial charge in [0, 0.05) is 26.1 Å². The Morgan fingerprint density at radius 1 is 1.53 bits per heavy atom. The van der Waals surface area contributed by atoms with Crippen LogP contribution in [0.25, 0.3) is 0 Å². The summed E-state index contributed by atoms with van der Waals surface area (Å²) in [5, 5.41) is 3.18. The predicted octanol–water partition coefficient (Wildman–Crippen LogP) is 1.25. The highest BCUT2D eigenvalue weighted by Gasteiger charge is 2.11. The second-order valence-corrected chi connectivity index (χ2v) is 7.09. The molecule has 1 aromatic heterocycles. The van der Waals surface area contributed by atoms with Crippen molar-refractivity contribution in [1.29, 1.82) is 0 Å². The number of aryl methyl sites for hydroxylation is 1. The fourth-order valence-electron chi connectivity index (χ4n) is 1.84. The Labute approximate surface area is 115 Å². The van der Waals surface area contributed by atoms with Crippen LogP contribution in [0.4, 0.5) is 5.95 Å². The number of ether oxygens (including phenoxy) is 1. The molecule has 0 aliphatic rings. The Balaban J connectivity index is 2.58. The zero-order valence-corrected chi connectivity index (χ0v) is 12.8. The van der Waals surface area contributed by atoms with Gasteiger partial charge in [-0.1, -0.05) is 0 Å². The second-order valence-electron chi connectivity index (χ2n) is 4.83. The van der Waals surface area contributed by atoms with Crippen molar-refractivity contribution in [2.45, 2.75) is 26.3 Å². The number of rotatable bonds is 8. The van der Waals surface area contributed by atoms with Crippen molar-refractivity contribution in [3.8, 4) is 0 Å². The van der Waals surface area contributed by atoms with Crippen LogP contribution in [0.5, 0.6) is 0 Å². The molecule has 1 N–H and O–H groups in total. The zero-order valence-electron chi connectivity index (χ0n) is 12.0. The number of anilines is 1. The minimum absolute atomic E-state index is 0.184. The topological polar surface area (TPSA) is 73.2 Å². The van der Waals surface area contributed by atoms with Crippen LogP contribution in [0.15, 0.2) is 6.20 Å². The summed E-state index contributed by atoms with van der Waals surface area (Å²) < 4.78 is 29.2. The minimum atomic E-state index is -2.90. The lowest BCUT2D eigenvalue weighted by atomic mass is 10.3. The van der Waals surface area contributed by atoms with Gasteiger partial charge in [0.1, 0.15) is 9.84 Å². The lowest BCUT2D eigenvalue weighted by Crippen LogP contribution is -2.16. The van der Waals surface area contributed by atoms with Gasteiger partial charge in [-0.15, -0.1) is 0 Å². The van der Waals surface area contributed by atoms with Gasteiger partial charge in [0.2, 0.25) is 5.95 Å². The van der Waals surface area contributed by atoms with Crippen molar-refractivity contribution < 1.29 is 13.2 Å². The number of sulfone groups is 1. The molecule has 0 spiro atoms. The van der Waals surface area contributed by atoms with E-state index in [0.29, 0.717) is 19.6 Å². The predicted molar refractivity (Wildman–Crippen MR) is 76.4 cm³/mol. The molecule has 0 radical (unpaired) electrons. The van der Waals surface area contributed by atoms with Gasteiger partial charge < -0.3 is 14.6 Å². The Morgan fingerprint density at radius 3 is 2.79 bits per heavy atom. The van der Waals surface area contributed by atoms with Crippen LogP contribution < -0.4 is 5.32 Å². The average molecular weight is 289 g/mol. The van der Waals surface area contributed by atoms with Crippen LogP contribution in [0.1, 0.15) is 25.1 Å².